The Kier molecular flexibility index (Phi) is 6.32. The van der Waals surface area contributed by atoms with Crippen molar-refractivity contribution in [2.24, 2.45) is 29.1 Å². The Hall–Kier alpha value is -3.27. The monoisotopic (exact) mass is 651 g/mol. The molecule has 7 nitrogen and oxygen atoms in total. The fraction of sp³-hybridized carbons (Fsp3) is 0.375. The van der Waals surface area contributed by atoms with Gasteiger partial charge in [0, 0.05) is 15.4 Å². The average Bonchev–Trinajstić information content (AvgIpc) is 3.20. The van der Waals surface area contributed by atoms with Crippen LogP contribution in [-0.2, 0) is 19.2 Å². The van der Waals surface area contributed by atoms with Gasteiger partial charge in [0.25, 0.3) is 0 Å². The van der Waals surface area contributed by atoms with E-state index in [9.17, 15) is 24.3 Å². The van der Waals surface area contributed by atoms with Gasteiger partial charge in [-0.3, -0.25) is 24.1 Å². The van der Waals surface area contributed by atoms with Gasteiger partial charge in [0.15, 0.2) is 23.1 Å². The number of ketones is 2. The minimum absolute atomic E-state index is 0.0271. The molecule has 0 unspecified atom stereocenters. The summed E-state index contributed by atoms with van der Waals surface area (Å²) in [5.41, 5.74) is 2.03. The topological polar surface area (TPSA) is 101 Å². The number of nitrogens with zero attached hydrogens (tertiary/aromatic N) is 1. The molecule has 6 rings (SSSR count). The average molecular weight is 651 g/mol. The van der Waals surface area contributed by atoms with E-state index in [4.69, 9.17) is 4.74 Å². The van der Waals surface area contributed by atoms with E-state index in [1.54, 1.807) is 38.1 Å². The van der Waals surface area contributed by atoms with Crippen molar-refractivity contribution in [1.82, 2.24) is 0 Å². The van der Waals surface area contributed by atoms with Crippen molar-refractivity contribution >= 4 is 51.7 Å². The molecule has 2 aromatic rings. The summed E-state index contributed by atoms with van der Waals surface area (Å²) in [6.45, 7) is 5.27. The number of methoxy groups -OCH3 is 1. The molecular formula is C32H30INO6. The Morgan fingerprint density at radius 1 is 0.975 bits per heavy atom. The Labute approximate surface area is 246 Å². The quantitative estimate of drug-likeness (QED) is 0.273. The van der Waals surface area contributed by atoms with E-state index in [0.717, 1.165) is 14.7 Å². The molecule has 0 radical (unpaired) electrons. The lowest BCUT2D eigenvalue weighted by molar-refractivity contribution is -0.142. The molecule has 0 aromatic heterocycles. The summed E-state index contributed by atoms with van der Waals surface area (Å²) < 4.78 is 6.40. The van der Waals surface area contributed by atoms with Gasteiger partial charge >= 0.3 is 0 Å². The van der Waals surface area contributed by atoms with Gasteiger partial charge in [-0.2, -0.15) is 0 Å². The third-order valence-electron chi connectivity index (χ3n) is 9.79. The maximum Gasteiger partial charge on any atom is 0.238 e. The van der Waals surface area contributed by atoms with Crippen molar-refractivity contribution in [3.63, 3.8) is 0 Å². The Balaban J connectivity index is 1.52. The third kappa shape index (κ3) is 3.60. The van der Waals surface area contributed by atoms with Crippen molar-refractivity contribution in [2.45, 2.75) is 39.5 Å². The molecule has 3 aliphatic carbocycles. The summed E-state index contributed by atoms with van der Waals surface area (Å²) in [6, 6.07) is 12.3. The standard InChI is InChI=1S/C32H30INO6/c1-15-16(2)29(37)32(3)23(28(15)36)14-22-20(27(32)17-5-12-24(35)25(13-17)40-4)10-11-21-26(22)31(39)34(30(21)38)19-8-6-18(33)7-9-19/h5-10,12-13,21-23,26-27,35H,11,14H2,1-4H3/t21-,22+,23-,26-,27-,32+/m0/s1. The van der Waals surface area contributed by atoms with Gasteiger partial charge in [0.2, 0.25) is 11.8 Å². The number of halogens is 1. The van der Waals surface area contributed by atoms with Gasteiger partial charge in [-0.1, -0.05) is 24.6 Å². The lowest BCUT2D eigenvalue weighted by Gasteiger charge is -2.54. The maximum atomic E-state index is 14.1. The van der Waals surface area contributed by atoms with Crippen LogP contribution in [0.2, 0.25) is 0 Å². The second-order valence-corrected chi connectivity index (χ2v) is 12.8. The molecule has 1 heterocycles. The third-order valence-corrected chi connectivity index (χ3v) is 10.5. The SMILES string of the molecule is COc1cc([C@H]2C3=CC[C@@H]4C(=O)N(c5ccc(I)cc5)C(=O)[C@@H]4[C@@H]3C[C@H]3C(=O)C(C)=C(C)C(=O)[C@@]23C)ccc1O. The molecule has 4 aliphatic rings. The van der Waals surface area contributed by atoms with Crippen molar-refractivity contribution in [1.29, 1.82) is 0 Å². The fourth-order valence-electron chi connectivity index (χ4n) is 7.68. The zero-order valence-corrected chi connectivity index (χ0v) is 24.9. The van der Waals surface area contributed by atoms with Crippen LogP contribution in [0.5, 0.6) is 11.5 Å². The summed E-state index contributed by atoms with van der Waals surface area (Å²) in [5, 5.41) is 10.3. The molecule has 40 heavy (non-hydrogen) atoms. The van der Waals surface area contributed by atoms with Crippen LogP contribution < -0.4 is 9.64 Å². The van der Waals surface area contributed by atoms with Gasteiger partial charge in [-0.25, -0.2) is 0 Å². The van der Waals surface area contributed by atoms with Crippen molar-refractivity contribution in [3.05, 3.63) is 74.4 Å². The number of carbonyl (C=O) groups excluding carboxylic acids is 4. The second kappa shape index (κ2) is 9.39. The first kappa shape index (κ1) is 26.9. The number of hydrogen-bond donors (Lipinski definition) is 1. The Morgan fingerprint density at radius 2 is 1.68 bits per heavy atom. The van der Waals surface area contributed by atoms with Crippen LogP contribution in [0.15, 0.2) is 65.3 Å². The molecule has 2 amide bonds. The van der Waals surface area contributed by atoms with Gasteiger partial charge in [-0.15, -0.1) is 0 Å². The number of carbonyl (C=O) groups is 4. The predicted octanol–water partition coefficient (Wildman–Crippen LogP) is 5.36. The van der Waals surface area contributed by atoms with Gasteiger partial charge < -0.3 is 9.84 Å². The fourth-order valence-corrected chi connectivity index (χ4v) is 8.04. The van der Waals surface area contributed by atoms with Gasteiger partial charge in [0.1, 0.15) is 0 Å². The van der Waals surface area contributed by atoms with Crippen LogP contribution in [0.4, 0.5) is 5.69 Å². The molecule has 2 aromatic carbocycles. The number of aromatic hydroxyl groups is 1. The smallest absolute Gasteiger partial charge is 0.238 e. The maximum absolute atomic E-state index is 14.1. The summed E-state index contributed by atoms with van der Waals surface area (Å²) >= 11 is 2.18. The lowest BCUT2D eigenvalue weighted by Crippen LogP contribution is -2.55. The molecule has 0 bridgehead atoms. The summed E-state index contributed by atoms with van der Waals surface area (Å²) in [5.74, 6) is -3.09. The molecular weight excluding hydrogens is 621 g/mol. The minimum Gasteiger partial charge on any atom is -0.504 e. The van der Waals surface area contributed by atoms with Crippen LogP contribution >= 0.6 is 22.6 Å². The minimum atomic E-state index is -1.08. The Morgan fingerprint density at radius 3 is 2.35 bits per heavy atom. The van der Waals surface area contributed by atoms with E-state index in [0.29, 0.717) is 29.7 Å². The molecule has 6 atom stereocenters. The first-order valence-electron chi connectivity index (χ1n) is 13.5. The number of phenolic OH excluding ortho intramolecular Hbond substituents is 1. The number of ether oxygens (including phenoxy) is 1. The summed E-state index contributed by atoms with van der Waals surface area (Å²) in [4.78, 5) is 56.9. The summed E-state index contributed by atoms with van der Waals surface area (Å²) in [7, 11) is 1.46. The number of fused-ring (bicyclic) bond motifs is 4. The largest absolute Gasteiger partial charge is 0.504 e. The van der Waals surface area contributed by atoms with E-state index in [1.165, 1.54) is 18.1 Å². The van der Waals surface area contributed by atoms with Gasteiger partial charge in [0.05, 0.1) is 30.0 Å². The van der Waals surface area contributed by atoms with Crippen LogP contribution in [0, 0.1) is 32.7 Å². The van der Waals surface area contributed by atoms with Crippen molar-refractivity contribution in [2.75, 3.05) is 12.0 Å². The highest BCUT2D eigenvalue weighted by molar-refractivity contribution is 14.1. The van der Waals surface area contributed by atoms with Crippen molar-refractivity contribution < 1.29 is 29.0 Å². The van der Waals surface area contributed by atoms with E-state index >= 15 is 0 Å². The van der Waals surface area contributed by atoms with Crippen LogP contribution in [-0.4, -0.2) is 35.6 Å². The molecule has 206 valence electrons. The van der Waals surface area contributed by atoms with E-state index in [-0.39, 0.29) is 40.8 Å². The molecule has 2 fully saturated rings. The van der Waals surface area contributed by atoms with Crippen molar-refractivity contribution in [3.8, 4) is 11.5 Å². The van der Waals surface area contributed by atoms with E-state index in [1.807, 2.05) is 25.1 Å². The number of hydrogen-bond acceptors (Lipinski definition) is 6. The summed E-state index contributed by atoms with van der Waals surface area (Å²) in [6.07, 6.45) is 2.73. The first-order valence-corrected chi connectivity index (χ1v) is 14.5. The number of benzene rings is 2. The highest BCUT2D eigenvalue weighted by atomic mass is 127. The molecule has 1 aliphatic heterocycles. The molecule has 1 saturated carbocycles. The number of rotatable bonds is 3. The van der Waals surface area contributed by atoms with E-state index in [2.05, 4.69) is 22.6 Å². The van der Waals surface area contributed by atoms with E-state index < -0.39 is 29.1 Å². The number of imide groups is 1. The zero-order valence-electron chi connectivity index (χ0n) is 22.7. The highest BCUT2D eigenvalue weighted by Crippen LogP contribution is 2.63. The highest BCUT2D eigenvalue weighted by Gasteiger charge is 2.64. The van der Waals surface area contributed by atoms with Crippen LogP contribution in [0.1, 0.15) is 45.1 Å². The lowest BCUT2D eigenvalue weighted by atomic mass is 9.46. The molecule has 1 saturated heterocycles. The number of allylic oxidation sites excluding steroid dienone is 4. The number of phenols is 1. The predicted molar refractivity (Wildman–Crippen MR) is 157 cm³/mol. The zero-order chi connectivity index (χ0) is 28.7. The van der Waals surface area contributed by atoms with Crippen LogP contribution in [0.25, 0.3) is 0 Å². The van der Waals surface area contributed by atoms with Gasteiger partial charge in [-0.05, 0) is 108 Å². The molecule has 8 heteroatoms. The first-order chi connectivity index (χ1) is 19.0. The number of amides is 2. The number of Topliss-reactive ketones (excluding diaryl/α,β-unsaturated/α-hetero) is 2. The second-order valence-electron chi connectivity index (χ2n) is 11.5. The van der Waals surface area contributed by atoms with Crippen LogP contribution in [0.3, 0.4) is 0 Å². The number of anilines is 1. The Bertz CT molecular complexity index is 1560. The molecule has 1 N–H and O–H groups in total. The normalized spacial score (nSPS) is 31.6. The molecule has 0 spiro atoms.